The third kappa shape index (κ3) is 5.30. The van der Waals surface area contributed by atoms with Gasteiger partial charge in [0.25, 0.3) is 0 Å². The van der Waals surface area contributed by atoms with Crippen molar-refractivity contribution in [3.8, 4) is 11.6 Å². The molecule has 4 aromatic rings. The molecule has 2 aromatic heterocycles. The van der Waals surface area contributed by atoms with E-state index in [1.807, 2.05) is 36.4 Å². The number of ketones is 1. The predicted molar refractivity (Wildman–Crippen MR) is 122 cm³/mol. The number of carbonyl (C=O) groups is 1. The largest absolute Gasteiger partial charge is 0.491 e. The highest BCUT2D eigenvalue weighted by molar-refractivity contribution is 5.91. The molecule has 0 bridgehead atoms. The summed E-state index contributed by atoms with van der Waals surface area (Å²) in [4.78, 5) is 24.7. The molecule has 0 aliphatic heterocycles. The summed E-state index contributed by atoms with van der Waals surface area (Å²) in [6.45, 7) is 4.50. The van der Waals surface area contributed by atoms with Crippen molar-refractivity contribution in [2.24, 2.45) is 0 Å². The van der Waals surface area contributed by atoms with Gasteiger partial charge in [-0.05, 0) is 41.5 Å². The number of nitrogens with zero attached hydrogens (tertiary/aromatic N) is 4. The number of rotatable bonds is 10. The number of hydrogen-bond acceptors (Lipinski definition) is 6. The molecule has 2 aromatic carbocycles. The van der Waals surface area contributed by atoms with Crippen LogP contribution in [0.25, 0.3) is 16.9 Å². The van der Waals surface area contributed by atoms with Gasteiger partial charge in [0.15, 0.2) is 17.4 Å². The van der Waals surface area contributed by atoms with Crippen molar-refractivity contribution < 1.29 is 18.7 Å². The third-order valence-electron chi connectivity index (χ3n) is 5.06. The maximum absolute atomic E-state index is 14.7. The van der Waals surface area contributed by atoms with E-state index in [-0.39, 0.29) is 18.0 Å². The number of carbonyl (C=O) groups excluding carboxylic acids is 1. The number of imidazole rings is 1. The van der Waals surface area contributed by atoms with E-state index >= 15 is 0 Å². The molecule has 0 amide bonds. The number of fused-ring (bicyclic) bond motifs is 1. The molecule has 0 atom stereocenters. The average Bonchev–Trinajstić information content (AvgIpc) is 3.24. The zero-order chi connectivity index (χ0) is 23.2. The molecular formula is C25H23FN4O3. The molecule has 0 aliphatic rings. The Hall–Kier alpha value is -3.91. The van der Waals surface area contributed by atoms with Gasteiger partial charge in [-0.2, -0.15) is 0 Å². The molecule has 0 unspecified atom stereocenters. The van der Waals surface area contributed by atoms with E-state index in [1.165, 1.54) is 12.4 Å². The SMILES string of the molecule is C=CC(=O)Cc1ccc2ncn(-c3nc(Cc4ccc(OCCOC)cc4)ncc3F)c2c1. The second-order valence-corrected chi connectivity index (χ2v) is 7.40. The van der Waals surface area contributed by atoms with Crippen LogP contribution >= 0.6 is 0 Å². The van der Waals surface area contributed by atoms with Crippen molar-refractivity contribution in [2.45, 2.75) is 12.8 Å². The standard InChI is InChI=1S/C25H23FN4O3/c1-3-19(31)12-18-6-9-22-23(13-18)30(16-28-22)25-21(26)15-27-24(29-25)14-17-4-7-20(8-5-17)33-11-10-32-2/h3-9,13,15-16H,1,10-12,14H2,2H3. The predicted octanol–water partition coefficient (Wildman–Crippen LogP) is 3.87. The Morgan fingerprint density at radius 3 is 2.67 bits per heavy atom. The van der Waals surface area contributed by atoms with Crippen LogP contribution in [0.4, 0.5) is 4.39 Å². The van der Waals surface area contributed by atoms with Gasteiger partial charge in [-0.3, -0.25) is 9.36 Å². The highest BCUT2D eigenvalue weighted by Gasteiger charge is 2.14. The van der Waals surface area contributed by atoms with Crippen LogP contribution in [0.2, 0.25) is 0 Å². The summed E-state index contributed by atoms with van der Waals surface area (Å²) in [5, 5.41) is 0. The van der Waals surface area contributed by atoms with Gasteiger partial charge >= 0.3 is 0 Å². The zero-order valence-corrected chi connectivity index (χ0v) is 18.2. The molecule has 2 heterocycles. The maximum Gasteiger partial charge on any atom is 0.184 e. The van der Waals surface area contributed by atoms with Gasteiger partial charge in [0.2, 0.25) is 0 Å². The average molecular weight is 446 g/mol. The Morgan fingerprint density at radius 2 is 1.91 bits per heavy atom. The van der Waals surface area contributed by atoms with Crippen molar-refractivity contribution in [1.82, 2.24) is 19.5 Å². The van der Waals surface area contributed by atoms with Crippen LogP contribution in [-0.4, -0.2) is 45.6 Å². The Kier molecular flexibility index (Phi) is 6.85. The van der Waals surface area contributed by atoms with Crippen LogP contribution in [0.1, 0.15) is 17.0 Å². The highest BCUT2D eigenvalue weighted by atomic mass is 19.1. The van der Waals surface area contributed by atoms with E-state index in [9.17, 15) is 9.18 Å². The molecule has 0 N–H and O–H groups in total. The van der Waals surface area contributed by atoms with Crippen LogP contribution in [0.15, 0.2) is 67.6 Å². The van der Waals surface area contributed by atoms with Gasteiger partial charge in [0.1, 0.15) is 24.5 Å². The number of aromatic nitrogens is 4. The summed E-state index contributed by atoms with van der Waals surface area (Å²) < 4.78 is 26.8. The van der Waals surface area contributed by atoms with Crippen molar-refractivity contribution in [2.75, 3.05) is 20.3 Å². The molecule has 33 heavy (non-hydrogen) atoms. The monoisotopic (exact) mass is 446 g/mol. The number of hydrogen-bond donors (Lipinski definition) is 0. The maximum atomic E-state index is 14.7. The van der Waals surface area contributed by atoms with E-state index in [0.29, 0.717) is 36.5 Å². The van der Waals surface area contributed by atoms with Gasteiger partial charge in [-0.15, -0.1) is 0 Å². The van der Waals surface area contributed by atoms with Gasteiger partial charge in [-0.25, -0.2) is 19.3 Å². The summed E-state index contributed by atoms with van der Waals surface area (Å²) >= 11 is 0. The van der Waals surface area contributed by atoms with Crippen LogP contribution in [0.3, 0.4) is 0 Å². The van der Waals surface area contributed by atoms with Gasteiger partial charge in [-0.1, -0.05) is 24.8 Å². The summed E-state index contributed by atoms with van der Waals surface area (Å²) in [6.07, 6.45) is 4.61. The number of benzene rings is 2. The molecule has 0 radical (unpaired) electrons. The molecule has 0 aliphatic carbocycles. The molecule has 168 valence electrons. The molecule has 0 spiro atoms. The second kappa shape index (κ2) is 10.1. The lowest BCUT2D eigenvalue weighted by atomic mass is 10.1. The fraction of sp³-hybridized carbons (Fsp3) is 0.200. The van der Waals surface area contributed by atoms with Gasteiger partial charge in [0.05, 0.1) is 23.8 Å². The first kappa shape index (κ1) is 22.3. The normalized spacial score (nSPS) is 11.0. The Labute approximate surface area is 190 Å². The molecule has 4 rings (SSSR count). The summed E-state index contributed by atoms with van der Waals surface area (Å²) in [7, 11) is 1.62. The first-order valence-electron chi connectivity index (χ1n) is 10.4. The zero-order valence-electron chi connectivity index (χ0n) is 18.2. The lowest BCUT2D eigenvalue weighted by Crippen LogP contribution is -2.06. The molecule has 7 nitrogen and oxygen atoms in total. The minimum atomic E-state index is -0.562. The fourth-order valence-electron chi connectivity index (χ4n) is 3.38. The van der Waals surface area contributed by atoms with Gasteiger partial charge in [0, 0.05) is 20.0 Å². The molecule has 8 heteroatoms. The first-order valence-corrected chi connectivity index (χ1v) is 10.4. The highest BCUT2D eigenvalue weighted by Crippen LogP contribution is 2.21. The summed E-state index contributed by atoms with van der Waals surface area (Å²) in [5.41, 5.74) is 3.09. The van der Waals surface area contributed by atoms with Crippen molar-refractivity contribution in [1.29, 1.82) is 0 Å². The topological polar surface area (TPSA) is 79.1 Å². The van der Waals surface area contributed by atoms with E-state index in [2.05, 4.69) is 21.5 Å². The van der Waals surface area contributed by atoms with Crippen LogP contribution in [0.5, 0.6) is 5.75 Å². The van der Waals surface area contributed by atoms with Gasteiger partial charge < -0.3 is 9.47 Å². The Morgan fingerprint density at radius 1 is 1.12 bits per heavy atom. The van der Waals surface area contributed by atoms with Crippen molar-refractivity contribution in [3.05, 3.63) is 90.4 Å². The number of allylic oxidation sites excluding steroid dienone is 1. The lowest BCUT2D eigenvalue weighted by molar-refractivity contribution is -0.114. The summed E-state index contributed by atoms with van der Waals surface area (Å²) in [6, 6.07) is 13.0. The molecule has 0 saturated heterocycles. The number of halogens is 1. The fourth-order valence-corrected chi connectivity index (χ4v) is 3.38. The molecule has 0 saturated carbocycles. The number of ether oxygens (including phenoxy) is 2. The Bertz CT molecular complexity index is 1280. The number of methoxy groups -OCH3 is 1. The van der Waals surface area contributed by atoms with E-state index in [4.69, 9.17) is 9.47 Å². The van der Waals surface area contributed by atoms with E-state index in [0.717, 1.165) is 23.1 Å². The van der Waals surface area contributed by atoms with Crippen molar-refractivity contribution in [3.63, 3.8) is 0 Å². The van der Waals surface area contributed by atoms with E-state index in [1.54, 1.807) is 17.7 Å². The quantitative estimate of drug-likeness (QED) is 0.272. The second-order valence-electron chi connectivity index (χ2n) is 7.40. The minimum Gasteiger partial charge on any atom is -0.491 e. The minimum absolute atomic E-state index is 0.0916. The molecule has 0 fully saturated rings. The third-order valence-corrected chi connectivity index (χ3v) is 5.06. The van der Waals surface area contributed by atoms with E-state index < -0.39 is 5.82 Å². The van der Waals surface area contributed by atoms with Crippen LogP contribution in [0, 0.1) is 5.82 Å². The summed E-state index contributed by atoms with van der Waals surface area (Å²) in [5.74, 6) is 0.666. The Balaban J connectivity index is 1.58. The van der Waals surface area contributed by atoms with Crippen LogP contribution < -0.4 is 4.74 Å². The van der Waals surface area contributed by atoms with Crippen molar-refractivity contribution >= 4 is 16.8 Å². The smallest absolute Gasteiger partial charge is 0.184 e. The van der Waals surface area contributed by atoms with Crippen LogP contribution in [-0.2, 0) is 22.4 Å². The lowest BCUT2D eigenvalue weighted by Gasteiger charge is -2.09. The molecular weight excluding hydrogens is 423 g/mol. The first-order chi connectivity index (χ1) is 16.1.